The second kappa shape index (κ2) is 5.93. The Morgan fingerprint density at radius 2 is 2.18 bits per heavy atom. The van der Waals surface area contributed by atoms with Gasteiger partial charge in [-0.25, -0.2) is 9.97 Å². The Kier molecular flexibility index (Phi) is 4.56. The lowest BCUT2D eigenvalue weighted by Gasteiger charge is -2.15. The van der Waals surface area contributed by atoms with E-state index in [1.807, 2.05) is 0 Å². The van der Waals surface area contributed by atoms with Crippen molar-refractivity contribution in [3.8, 4) is 0 Å². The zero-order valence-electron chi connectivity index (χ0n) is 9.88. The fraction of sp³-hybridized carbons (Fsp3) is 0.455. The van der Waals surface area contributed by atoms with Gasteiger partial charge in [0.25, 0.3) is 5.91 Å². The first kappa shape index (κ1) is 13.1. The van der Waals surface area contributed by atoms with Gasteiger partial charge in [0.2, 0.25) is 0 Å². The summed E-state index contributed by atoms with van der Waals surface area (Å²) in [4.78, 5) is 31.6. The Morgan fingerprint density at radius 1 is 1.47 bits per heavy atom. The summed E-state index contributed by atoms with van der Waals surface area (Å²) in [6.07, 6.45) is 2.02. The molecular formula is C11H15N3O3. The van der Waals surface area contributed by atoms with E-state index in [2.05, 4.69) is 9.97 Å². The maximum Gasteiger partial charge on any atom is 0.303 e. The third kappa shape index (κ3) is 4.18. The molecule has 0 bridgehead atoms. The fourth-order valence-electron chi connectivity index (χ4n) is 1.34. The van der Waals surface area contributed by atoms with E-state index in [0.29, 0.717) is 24.5 Å². The van der Waals surface area contributed by atoms with Crippen molar-refractivity contribution in [1.82, 2.24) is 14.9 Å². The summed E-state index contributed by atoms with van der Waals surface area (Å²) in [5.74, 6) is -0.542. The first-order chi connectivity index (χ1) is 8.00. The van der Waals surface area contributed by atoms with Crippen LogP contribution in [0.25, 0.3) is 0 Å². The van der Waals surface area contributed by atoms with Crippen LogP contribution in [-0.4, -0.2) is 45.4 Å². The van der Waals surface area contributed by atoms with Crippen molar-refractivity contribution in [2.45, 2.75) is 19.8 Å². The summed E-state index contributed by atoms with van der Waals surface area (Å²) in [7, 11) is 1.63. The standard InChI is InChI=1S/C11H15N3O3/c1-8-12-6-5-9(13-8)11(17)14(2)7-3-4-10(15)16/h5-6H,3-4,7H2,1-2H3,(H,15,16). The number of hydrogen-bond acceptors (Lipinski definition) is 4. The Bertz CT molecular complexity index is 420. The lowest BCUT2D eigenvalue weighted by molar-refractivity contribution is -0.137. The minimum atomic E-state index is -0.858. The van der Waals surface area contributed by atoms with Gasteiger partial charge in [0.15, 0.2) is 0 Å². The largest absolute Gasteiger partial charge is 0.481 e. The van der Waals surface area contributed by atoms with Gasteiger partial charge in [-0.1, -0.05) is 0 Å². The van der Waals surface area contributed by atoms with Gasteiger partial charge < -0.3 is 10.0 Å². The SMILES string of the molecule is Cc1nccc(C(=O)N(C)CCCC(=O)O)n1. The van der Waals surface area contributed by atoms with Crippen molar-refractivity contribution in [3.63, 3.8) is 0 Å². The summed E-state index contributed by atoms with van der Waals surface area (Å²) in [6.45, 7) is 2.11. The normalized spacial score (nSPS) is 10.0. The first-order valence-corrected chi connectivity index (χ1v) is 5.27. The van der Waals surface area contributed by atoms with E-state index in [1.54, 1.807) is 20.0 Å². The van der Waals surface area contributed by atoms with Gasteiger partial charge in [0, 0.05) is 26.2 Å². The summed E-state index contributed by atoms with van der Waals surface area (Å²) in [5.41, 5.74) is 0.329. The minimum absolute atomic E-state index is 0.0560. The minimum Gasteiger partial charge on any atom is -0.481 e. The fourth-order valence-corrected chi connectivity index (χ4v) is 1.34. The Hall–Kier alpha value is -1.98. The van der Waals surface area contributed by atoms with E-state index in [-0.39, 0.29) is 12.3 Å². The topological polar surface area (TPSA) is 83.4 Å². The zero-order valence-corrected chi connectivity index (χ0v) is 9.88. The highest BCUT2D eigenvalue weighted by Gasteiger charge is 2.13. The molecule has 1 N–H and O–H groups in total. The lowest BCUT2D eigenvalue weighted by Crippen LogP contribution is -2.29. The van der Waals surface area contributed by atoms with Crippen LogP contribution in [-0.2, 0) is 4.79 Å². The lowest BCUT2D eigenvalue weighted by atomic mass is 10.3. The summed E-state index contributed by atoms with van der Waals surface area (Å²) >= 11 is 0. The van der Waals surface area contributed by atoms with Crippen LogP contribution >= 0.6 is 0 Å². The van der Waals surface area contributed by atoms with Crippen LogP contribution in [0.1, 0.15) is 29.2 Å². The molecule has 0 fully saturated rings. The van der Waals surface area contributed by atoms with Gasteiger partial charge in [0.05, 0.1) is 0 Å². The van der Waals surface area contributed by atoms with Crippen molar-refractivity contribution in [3.05, 3.63) is 23.8 Å². The van der Waals surface area contributed by atoms with Gasteiger partial charge in [-0.15, -0.1) is 0 Å². The second-order valence-electron chi connectivity index (χ2n) is 3.71. The maximum atomic E-state index is 11.9. The van der Waals surface area contributed by atoms with Crippen LogP contribution in [0.2, 0.25) is 0 Å². The molecule has 0 aromatic carbocycles. The average molecular weight is 237 g/mol. The average Bonchev–Trinajstić information content (AvgIpc) is 2.27. The molecule has 0 radical (unpaired) electrons. The summed E-state index contributed by atoms with van der Waals surface area (Å²) in [6, 6.07) is 1.54. The number of rotatable bonds is 5. The van der Waals surface area contributed by atoms with E-state index < -0.39 is 5.97 Å². The number of carbonyl (C=O) groups is 2. The number of aromatic nitrogens is 2. The van der Waals surface area contributed by atoms with E-state index in [4.69, 9.17) is 5.11 Å². The second-order valence-corrected chi connectivity index (χ2v) is 3.71. The number of amides is 1. The molecule has 0 aliphatic rings. The van der Waals surface area contributed by atoms with Gasteiger partial charge in [0.1, 0.15) is 11.5 Å². The molecule has 6 nitrogen and oxygen atoms in total. The van der Waals surface area contributed by atoms with Crippen LogP contribution in [0.5, 0.6) is 0 Å². The molecule has 1 rings (SSSR count). The Morgan fingerprint density at radius 3 is 2.76 bits per heavy atom. The molecule has 0 aliphatic heterocycles. The number of nitrogens with zero attached hydrogens (tertiary/aromatic N) is 3. The van der Waals surface area contributed by atoms with Crippen molar-refractivity contribution in [1.29, 1.82) is 0 Å². The number of hydrogen-bond donors (Lipinski definition) is 1. The van der Waals surface area contributed by atoms with Crippen molar-refractivity contribution < 1.29 is 14.7 Å². The monoisotopic (exact) mass is 237 g/mol. The number of carboxylic acids is 1. The van der Waals surface area contributed by atoms with Gasteiger partial charge in [-0.3, -0.25) is 9.59 Å². The first-order valence-electron chi connectivity index (χ1n) is 5.27. The predicted molar refractivity (Wildman–Crippen MR) is 60.6 cm³/mol. The molecule has 1 heterocycles. The summed E-state index contributed by atoms with van der Waals surface area (Å²) < 4.78 is 0. The van der Waals surface area contributed by atoms with E-state index >= 15 is 0 Å². The predicted octanol–water partition coefficient (Wildman–Crippen LogP) is 0.722. The number of aryl methyl sites for hydroxylation is 1. The Balaban J connectivity index is 2.54. The van der Waals surface area contributed by atoms with Gasteiger partial charge in [-0.05, 0) is 19.4 Å². The molecule has 0 spiro atoms. The number of carboxylic acid groups (broad SMARTS) is 1. The van der Waals surface area contributed by atoms with E-state index in [9.17, 15) is 9.59 Å². The van der Waals surface area contributed by atoms with Gasteiger partial charge >= 0.3 is 5.97 Å². The molecule has 0 saturated heterocycles. The van der Waals surface area contributed by atoms with E-state index in [1.165, 1.54) is 11.1 Å². The van der Waals surface area contributed by atoms with Crippen molar-refractivity contribution in [2.75, 3.05) is 13.6 Å². The molecule has 0 unspecified atom stereocenters. The van der Waals surface area contributed by atoms with Crippen LogP contribution < -0.4 is 0 Å². The third-order valence-electron chi connectivity index (χ3n) is 2.23. The summed E-state index contributed by atoms with van der Waals surface area (Å²) in [5, 5.41) is 8.49. The highest BCUT2D eigenvalue weighted by molar-refractivity contribution is 5.92. The molecular weight excluding hydrogens is 222 g/mol. The Labute approximate surface area is 99.3 Å². The number of carbonyl (C=O) groups excluding carboxylic acids is 1. The van der Waals surface area contributed by atoms with Crippen LogP contribution in [0.15, 0.2) is 12.3 Å². The van der Waals surface area contributed by atoms with Crippen molar-refractivity contribution in [2.24, 2.45) is 0 Å². The number of aliphatic carboxylic acids is 1. The quantitative estimate of drug-likeness (QED) is 0.815. The highest BCUT2D eigenvalue weighted by Crippen LogP contribution is 2.02. The van der Waals surface area contributed by atoms with Crippen LogP contribution in [0.3, 0.4) is 0 Å². The van der Waals surface area contributed by atoms with E-state index in [0.717, 1.165) is 0 Å². The molecule has 6 heteroatoms. The zero-order chi connectivity index (χ0) is 12.8. The molecule has 1 aromatic heterocycles. The highest BCUT2D eigenvalue weighted by atomic mass is 16.4. The van der Waals surface area contributed by atoms with Crippen LogP contribution in [0, 0.1) is 6.92 Å². The third-order valence-corrected chi connectivity index (χ3v) is 2.23. The van der Waals surface area contributed by atoms with Crippen LogP contribution in [0.4, 0.5) is 0 Å². The molecule has 17 heavy (non-hydrogen) atoms. The molecule has 92 valence electrons. The smallest absolute Gasteiger partial charge is 0.303 e. The molecule has 1 amide bonds. The van der Waals surface area contributed by atoms with Crippen molar-refractivity contribution >= 4 is 11.9 Å². The molecule has 0 atom stereocenters. The molecule has 0 aliphatic carbocycles. The maximum absolute atomic E-state index is 11.9. The molecule has 1 aromatic rings. The molecule has 0 saturated carbocycles. The van der Waals surface area contributed by atoms with Gasteiger partial charge in [-0.2, -0.15) is 0 Å².